The fourth-order valence-corrected chi connectivity index (χ4v) is 2.14. The smallest absolute Gasteiger partial charge is 0.339 e. The zero-order valence-electron chi connectivity index (χ0n) is 10.2. The van der Waals surface area contributed by atoms with Crippen molar-refractivity contribution in [1.29, 1.82) is 0 Å². The van der Waals surface area contributed by atoms with Gasteiger partial charge in [-0.25, -0.2) is 4.79 Å². The number of para-hydroxylation sites is 1. The van der Waals surface area contributed by atoms with Crippen molar-refractivity contribution < 1.29 is 24.5 Å². The Morgan fingerprint density at radius 1 is 1.20 bits per heavy atom. The molecular weight excluding hydrogens is 328 g/mol. The van der Waals surface area contributed by atoms with E-state index in [4.69, 9.17) is 9.84 Å². The monoisotopic (exact) mass is 338 g/mol. The molecule has 1 aliphatic carbocycles. The Kier molecular flexibility index (Phi) is 3.94. The van der Waals surface area contributed by atoms with Crippen LogP contribution >= 0.6 is 15.9 Å². The van der Waals surface area contributed by atoms with E-state index in [2.05, 4.69) is 15.9 Å². The number of allylic oxidation sites excluding steroid dienone is 1. The van der Waals surface area contributed by atoms with E-state index in [1.54, 1.807) is 30.3 Å². The molecule has 1 atom stereocenters. The number of ether oxygens (including phenoxy) is 1. The summed E-state index contributed by atoms with van der Waals surface area (Å²) in [6.45, 7) is 0. The van der Waals surface area contributed by atoms with Crippen molar-refractivity contribution in [2.24, 2.45) is 0 Å². The summed E-state index contributed by atoms with van der Waals surface area (Å²) in [5, 5.41) is 18.3. The molecule has 0 bridgehead atoms. The lowest BCUT2D eigenvalue weighted by Gasteiger charge is -2.25. The molecule has 6 heteroatoms. The summed E-state index contributed by atoms with van der Waals surface area (Å²) >= 11 is 3.10. The number of alkyl halides is 1. The molecule has 0 saturated carbocycles. The molecule has 0 aliphatic heterocycles. The number of hydrogen-bond acceptors (Lipinski definition) is 3. The van der Waals surface area contributed by atoms with Gasteiger partial charge < -0.3 is 14.9 Å². The van der Waals surface area contributed by atoms with Crippen LogP contribution in [0.5, 0.6) is 5.75 Å². The van der Waals surface area contributed by atoms with Crippen LogP contribution in [0.4, 0.5) is 0 Å². The second-order valence-electron chi connectivity index (χ2n) is 4.23. The molecule has 2 N–H and O–H groups in total. The third-order valence-corrected chi connectivity index (χ3v) is 3.69. The summed E-state index contributed by atoms with van der Waals surface area (Å²) in [5.74, 6) is -1.71. The molecule has 1 aliphatic rings. The Labute approximate surface area is 123 Å². The zero-order chi connectivity index (χ0) is 14.8. The van der Waals surface area contributed by atoms with Crippen molar-refractivity contribution in [2.75, 3.05) is 0 Å². The van der Waals surface area contributed by atoms with Crippen molar-refractivity contribution in [1.82, 2.24) is 0 Å². The Hall–Kier alpha value is -2.08. The van der Waals surface area contributed by atoms with E-state index in [0.29, 0.717) is 5.75 Å². The minimum atomic E-state index is -1.35. The normalized spacial score (nSPS) is 21.6. The SMILES string of the molecule is O=C(O)C1=C(Oc2ccccc2)CC(Br)(C(=O)O)C=C1. The summed E-state index contributed by atoms with van der Waals surface area (Å²) in [7, 11) is 0. The van der Waals surface area contributed by atoms with Crippen LogP contribution in [0.1, 0.15) is 6.42 Å². The van der Waals surface area contributed by atoms with Crippen LogP contribution in [-0.4, -0.2) is 26.5 Å². The van der Waals surface area contributed by atoms with Crippen LogP contribution < -0.4 is 4.74 Å². The molecule has 1 aromatic rings. The molecule has 0 aromatic heterocycles. The van der Waals surface area contributed by atoms with Gasteiger partial charge in [0.1, 0.15) is 15.8 Å². The molecule has 0 radical (unpaired) electrons. The summed E-state index contributed by atoms with van der Waals surface area (Å²) in [5.41, 5.74) is -0.0508. The minimum Gasteiger partial charge on any atom is -0.480 e. The highest BCUT2D eigenvalue weighted by atomic mass is 79.9. The second kappa shape index (κ2) is 5.50. The number of carboxylic acid groups (broad SMARTS) is 2. The van der Waals surface area contributed by atoms with E-state index >= 15 is 0 Å². The van der Waals surface area contributed by atoms with Gasteiger partial charge in [0.2, 0.25) is 0 Å². The van der Waals surface area contributed by atoms with Gasteiger partial charge in [-0.1, -0.05) is 40.2 Å². The van der Waals surface area contributed by atoms with Gasteiger partial charge in [-0.2, -0.15) is 0 Å². The molecule has 0 fully saturated rings. The Morgan fingerprint density at radius 2 is 1.85 bits per heavy atom. The first-order valence-electron chi connectivity index (χ1n) is 5.73. The zero-order valence-corrected chi connectivity index (χ0v) is 11.8. The van der Waals surface area contributed by atoms with Gasteiger partial charge in [0.25, 0.3) is 0 Å². The molecule has 0 amide bonds. The van der Waals surface area contributed by atoms with E-state index in [1.807, 2.05) is 0 Å². The fraction of sp³-hybridized carbons (Fsp3) is 0.143. The van der Waals surface area contributed by atoms with Crippen LogP contribution in [-0.2, 0) is 9.59 Å². The summed E-state index contributed by atoms with van der Waals surface area (Å²) in [6.07, 6.45) is 2.46. The van der Waals surface area contributed by atoms with Crippen molar-refractivity contribution in [3.8, 4) is 5.75 Å². The molecule has 1 aromatic carbocycles. The van der Waals surface area contributed by atoms with Crippen LogP contribution in [0.2, 0.25) is 0 Å². The molecule has 0 saturated heterocycles. The lowest BCUT2D eigenvalue weighted by atomic mass is 9.94. The van der Waals surface area contributed by atoms with E-state index < -0.39 is 16.3 Å². The van der Waals surface area contributed by atoms with E-state index in [1.165, 1.54) is 12.2 Å². The maximum Gasteiger partial charge on any atom is 0.339 e. The van der Waals surface area contributed by atoms with E-state index in [-0.39, 0.29) is 17.8 Å². The van der Waals surface area contributed by atoms with Crippen LogP contribution in [0.3, 0.4) is 0 Å². The topological polar surface area (TPSA) is 83.8 Å². The van der Waals surface area contributed by atoms with Crippen molar-refractivity contribution in [3.05, 3.63) is 53.8 Å². The number of hydrogen-bond donors (Lipinski definition) is 2. The van der Waals surface area contributed by atoms with Gasteiger partial charge in [0, 0.05) is 6.42 Å². The highest BCUT2D eigenvalue weighted by Gasteiger charge is 2.39. The highest BCUT2D eigenvalue weighted by Crippen LogP contribution is 2.35. The molecule has 2 rings (SSSR count). The van der Waals surface area contributed by atoms with Gasteiger partial charge in [-0.3, -0.25) is 4.79 Å². The number of halogens is 1. The van der Waals surface area contributed by atoms with Gasteiger partial charge >= 0.3 is 11.9 Å². The Morgan fingerprint density at radius 3 is 2.40 bits per heavy atom. The van der Waals surface area contributed by atoms with Gasteiger partial charge in [-0.15, -0.1) is 0 Å². The number of carboxylic acids is 2. The van der Waals surface area contributed by atoms with Crippen molar-refractivity contribution in [2.45, 2.75) is 10.7 Å². The average Bonchev–Trinajstić information content (AvgIpc) is 2.39. The summed E-state index contributed by atoms with van der Waals surface area (Å²) in [4.78, 5) is 22.4. The largest absolute Gasteiger partial charge is 0.480 e. The van der Waals surface area contributed by atoms with E-state index in [9.17, 15) is 14.7 Å². The molecule has 104 valence electrons. The molecular formula is C14H11BrO5. The predicted octanol–water partition coefficient (Wildman–Crippen LogP) is 2.58. The van der Waals surface area contributed by atoms with Gasteiger partial charge in [0.05, 0.1) is 5.57 Å². The molecule has 0 spiro atoms. The number of rotatable bonds is 4. The summed E-state index contributed by atoms with van der Waals surface area (Å²) in [6, 6.07) is 8.62. The van der Waals surface area contributed by atoms with Crippen LogP contribution in [0.25, 0.3) is 0 Å². The Balaban J connectivity index is 2.36. The lowest BCUT2D eigenvalue weighted by molar-refractivity contribution is -0.139. The third-order valence-electron chi connectivity index (χ3n) is 2.80. The number of aliphatic carboxylic acids is 2. The number of carbonyl (C=O) groups is 2. The lowest BCUT2D eigenvalue weighted by Crippen LogP contribution is -2.33. The Bertz CT molecular complexity index is 605. The molecule has 1 unspecified atom stereocenters. The van der Waals surface area contributed by atoms with Crippen LogP contribution in [0, 0.1) is 0 Å². The minimum absolute atomic E-state index is 0.0508. The van der Waals surface area contributed by atoms with Gasteiger partial charge in [0.15, 0.2) is 0 Å². The molecule has 20 heavy (non-hydrogen) atoms. The third kappa shape index (κ3) is 2.91. The first kappa shape index (κ1) is 14.3. The average molecular weight is 339 g/mol. The fourth-order valence-electron chi connectivity index (χ4n) is 1.76. The standard InChI is InChI=1S/C14H11BrO5/c15-14(13(18)19)7-6-10(12(16)17)11(8-14)20-9-4-2-1-3-5-9/h1-7H,8H2,(H,16,17)(H,18,19). The number of benzene rings is 1. The van der Waals surface area contributed by atoms with Crippen molar-refractivity contribution in [3.63, 3.8) is 0 Å². The van der Waals surface area contributed by atoms with Crippen molar-refractivity contribution >= 4 is 27.9 Å². The van der Waals surface area contributed by atoms with Crippen LogP contribution in [0.15, 0.2) is 53.8 Å². The summed E-state index contributed by atoms with van der Waals surface area (Å²) < 4.78 is 4.18. The first-order valence-corrected chi connectivity index (χ1v) is 6.52. The highest BCUT2D eigenvalue weighted by molar-refractivity contribution is 9.10. The second-order valence-corrected chi connectivity index (χ2v) is 5.65. The maximum atomic E-state index is 11.2. The van der Waals surface area contributed by atoms with E-state index in [0.717, 1.165) is 0 Å². The first-order chi connectivity index (χ1) is 9.42. The quantitative estimate of drug-likeness (QED) is 0.824. The predicted molar refractivity (Wildman–Crippen MR) is 74.8 cm³/mol. The van der Waals surface area contributed by atoms with Gasteiger partial charge in [-0.05, 0) is 18.2 Å². The molecule has 5 nitrogen and oxygen atoms in total. The molecule has 0 heterocycles. The maximum absolute atomic E-state index is 11.2.